The van der Waals surface area contributed by atoms with Crippen molar-refractivity contribution >= 4 is 35.5 Å². The van der Waals surface area contributed by atoms with Gasteiger partial charge < -0.3 is 25.0 Å². The van der Waals surface area contributed by atoms with Crippen molar-refractivity contribution in [3.8, 4) is 0 Å². The van der Waals surface area contributed by atoms with Crippen molar-refractivity contribution in [1.82, 2.24) is 15.2 Å². The van der Waals surface area contributed by atoms with Gasteiger partial charge in [0.2, 0.25) is 0 Å². The van der Waals surface area contributed by atoms with Gasteiger partial charge in [0.1, 0.15) is 17.0 Å². The van der Waals surface area contributed by atoms with Gasteiger partial charge in [-0.25, -0.2) is 14.6 Å². The second-order valence-corrected chi connectivity index (χ2v) is 12.8. The summed E-state index contributed by atoms with van der Waals surface area (Å²) in [5.74, 6) is -0.514. The summed E-state index contributed by atoms with van der Waals surface area (Å²) < 4.78 is 10.6. The quantitative estimate of drug-likeness (QED) is 0.470. The Hall–Kier alpha value is -3.37. The third-order valence-corrected chi connectivity index (χ3v) is 6.71. The van der Waals surface area contributed by atoms with Crippen LogP contribution in [0.1, 0.15) is 79.7 Å². The summed E-state index contributed by atoms with van der Waals surface area (Å²) in [7, 11) is 0. The molecule has 2 fully saturated rings. The first kappa shape index (κ1) is 30.2. The number of nitrogens with zero attached hydrogens (tertiary/aromatic N) is 2. The van der Waals surface area contributed by atoms with Crippen molar-refractivity contribution in [3.05, 3.63) is 17.8 Å². The van der Waals surface area contributed by atoms with Crippen LogP contribution in [-0.2, 0) is 19.1 Å². The zero-order chi connectivity index (χ0) is 29.1. The molecule has 1 aliphatic carbocycles. The first-order valence-electron chi connectivity index (χ1n) is 13.6. The van der Waals surface area contributed by atoms with E-state index in [9.17, 15) is 19.2 Å². The van der Waals surface area contributed by atoms with Gasteiger partial charge in [0.15, 0.2) is 0 Å². The standard InChI is InChI=1S/C28H43N5O6/c1-16-9-10-21(18-12-19(13-18)31-25(36)38-27(3,4)5)33(15-16)24(35)23(34)30-20-11-17(2)22(29-14-20)32-26(37)39-28(6,7)8/h11,14,16,18-19,21H,9-10,12-13,15H2,1-8H3,(H,30,34)(H,31,36)(H,29,32,37)/t16-,18?,19?,21-/m0/s1. The Balaban J connectivity index is 1.58. The molecule has 1 aromatic rings. The van der Waals surface area contributed by atoms with Crippen LogP contribution in [0, 0.1) is 18.8 Å². The van der Waals surface area contributed by atoms with Gasteiger partial charge in [0.05, 0.1) is 11.9 Å². The number of nitrogens with one attached hydrogen (secondary N) is 3. The molecule has 1 saturated carbocycles. The molecule has 11 heteroatoms. The average Bonchev–Trinajstić information content (AvgIpc) is 2.75. The molecule has 2 atom stereocenters. The van der Waals surface area contributed by atoms with Gasteiger partial charge >= 0.3 is 24.0 Å². The van der Waals surface area contributed by atoms with E-state index < -0.39 is 35.2 Å². The molecule has 0 unspecified atom stereocenters. The van der Waals surface area contributed by atoms with Gasteiger partial charge in [-0.15, -0.1) is 0 Å². The minimum Gasteiger partial charge on any atom is -0.444 e. The number of hydrogen-bond acceptors (Lipinski definition) is 7. The molecule has 0 spiro atoms. The molecule has 2 heterocycles. The summed E-state index contributed by atoms with van der Waals surface area (Å²) in [4.78, 5) is 56.3. The summed E-state index contributed by atoms with van der Waals surface area (Å²) in [6.45, 7) is 15.1. The first-order chi connectivity index (χ1) is 18.0. The summed E-state index contributed by atoms with van der Waals surface area (Å²) in [6, 6.07) is 1.58. The van der Waals surface area contributed by atoms with E-state index in [1.165, 1.54) is 6.20 Å². The van der Waals surface area contributed by atoms with E-state index in [1.54, 1.807) is 38.7 Å². The van der Waals surface area contributed by atoms with Crippen LogP contribution in [0.25, 0.3) is 0 Å². The van der Waals surface area contributed by atoms with Gasteiger partial charge in [-0.3, -0.25) is 14.9 Å². The smallest absolute Gasteiger partial charge is 0.413 e. The Morgan fingerprint density at radius 1 is 0.949 bits per heavy atom. The van der Waals surface area contributed by atoms with E-state index in [-0.39, 0.29) is 23.9 Å². The third-order valence-electron chi connectivity index (χ3n) is 6.71. The zero-order valence-electron chi connectivity index (χ0n) is 24.3. The number of aromatic nitrogens is 1. The Morgan fingerprint density at radius 3 is 2.15 bits per heavy atom. The van der Waals surface area contributed by atoms with E-state index >= 15 is 0 Å². The minimum absolute atomic E-state index is 0.00293. The van der Waals surface area contributed by atoms with Crippen LogP contribution in [0.5, 0.6) is 0 Å². The molecular weight excluding hydrogens is 502 g/mol. The molecule has 0 radical (unpaired) electrons. The van der Waals surface area contributed by atoms with Gasteiger partial charge in [-0.05, 0) is 97.6 Å². The largest absolute Gasteiger partial charge is 0.444 e. The zero-order valence-corrected chi connectivity index (χ0v) is 24.3. The van der Waals surface area contributed by atoms with Gasteiger partial charge in [-0.2, -0.15) is 0 Å². The molecular formula is C28H43N5O6. The molecule has 11 nitrogen and oxygen atoms in total. The number of carbonyl (C=O) groups excluding carboxylic acids is 4. The fourth-order valence-electron chi connectivity index (χ4n) is 4.95. The number of piperidine rings is 1. The molecule has 1 aromatic heterocycles. The van der Waals surface area contributed by atoms with E-state index in [4.69, 9.17) is 9.47 Å². The van der Waals surface area contributed by atoms with Crippen LogP contribution in [0.3, 0.4) is 0 Å². The SMILES string of the molecule is Cc1cc(NC(=O)C(=O)N2C[C@@H](C)CC[C@H]2C2CC(NC(=O)OC(C)(C)C)C2)cnc1NC(=O)OC(C)(C)C. The van der Waals surface area contributed by atoms with E-state index in [0.29, 0.717) is 23.6 Å². The summed E-state index contributed by atoms with van der Waals surface area (Å²) in [5, 5.41) is 8.14. The van der Waals surface area contributed by atoms with Crippen molar-refractivity contribution in [3.63, 3.8) is 0 Å². The number of ether oxygens (including phenoxy) is 2. The number of anilines is 2. The second-order valence-electron chi connectivity index (χ2n) is 12.8. The lowest BCUT2D eigenvalue weighted by molar-refractivity contribution is -0.148. The van der Waals surface area contributed by atoms with Crippen LogP contribution in [0.2, 0.25) is 0 Å². The summed E-state index contributed by atoms with van der Waals surface area (Å²) in [5.41, 5.74) is -0.252. The van der Waals surface area contributed by atoms with Crippen molar-refractivity contribution in [2.45, 2.75) is 104 Å². The second kappa shape index (κ2) is 11.8. The number of carbonyl (C=O) groups is 4. The van der Waals surface area contributed by atoms with Gasteiger partial charge in [0, 0.05) is 18.6 Å². The van der Waals surface area contributed by atoms with Crippen LogP contribution in [0.15, 0.2) is 12.3 Å². The maximum absolute atomic E-state index is 13.3. The lowest BCUT2D eigenvalue weighted by Gasteiger charge is -2.48. The number of aryl methyl sites for hydroxylation is 1. The summed E-state index contributed by atoms with van der Waals surface area (Å²) >= 11 is 0. The van der Waals surface area contributed by atoms with Crippen molar-refractivity contribution < 1.29 is 28.7 Å². The molecule has 3 rings (SSSR count). The molecule has 1 saturated heterocycles. The van der Waals surface area contributed by atoms with Crippen molar-refractivity contribution in [1.29, 1.82) is 0 Å². The molecule has 1 aliphatic heterocycles. The fraction of sp³-hybridized carbons (Fsp3) is 0.679. The highest BCUT2D eigenvalue weighted by molar-refractivity contribution is 6.39. The van der Waals surface area contributed by atoms with Crippen molar-refractivity contribution in [2.75, 3.05) is 17.2 Å². The van der Waals surface area contributed by atoms with Crippen LogP contribution in [-0.4, -0.2) is 63.7 Å². The maximum atomic E-state index is 13.3. The fourth-order valence-corrected chi connectivity index (χ4v) is 4.95. The molecule has 216 valence electrons. The number of amides is 4. The first-order valence-corrected chi connectivity index (χ1v) is 13.6. The van der Waals surface area contributed by atoms with Gasteiger partial charge in [-0.1, -0.05) is 6.92 Å². The predicted octanol–water partition coefficient (Wildman–Crippen LogP) is 4.61. The minimum atomic E-state index is -0.731. The normalized spacial score (nSPS) is 23.2. The highest BCUT2D eigenvalue weighted by Crippen LogP contribution is 2.38. The Morgan fingerprint density at radius 2 is 1.56 bits per heavy atom. The predicted molar refractivity (Wildman–Crippen MR) is 147 cm³/mol. The van der Waals surface area contributed by atoms with Crippen LogP contribution < -0.4 is 16.0 Å². The number of pyridine rings is 1. The molecule has 39 heavy (non-hydrogen) atoms. The molecule has 4 amide bonds. The van der Waals surface area contributed by atoms with E-state index in [0.717, 1.165) is 25.7 Å². The Kier molecular flexibility index (Phi) is 9.12. The Labute approximate surface area is 230 Å². The maximum Gasteiger partial charge on any atom is 0.413 e. The lowest BCUT2D eigenvalue weighted by atomic mass is 9.72. The van der Waals surface area contributed by atoms with Crippen molar-refractivity contribution in [2.24, 2.45) is 11.8 Å². The van der Waals surface area contributed by atoms with E-state index in [2.05, 4.69) is 27.9 Å². The van der Waals surface area contributed by atoms with Gasteiger partial charge in [0.25, 0.3) is 0 Å². The van der Waals surface area contributed by atoms with Crippen LogP contribution in [0.4, 0.5) is 21.1 Å². The summed E-state index contributed by atoms with van der Waals surface area (Å²) in [6.07, 6.45) is 3.58. The van der Waals surface area contributed by atoms with Crippen LogP contribution >= 0.6 is 0 Å². The molecule has 3 N–H and O–H groups in total. The molecule has 0 aromatic carbocycles. The number of rotatable bonds is 4. The lowest BCUT2D eigenvalue weighted by Crippen LogP contribution is -2.58. The molecule has 2 aliphatic rings. The third kappa shape index (κ3) is 8.83. The van der Waals surface area contributed by atoms with E-state index in [1.807, 2.05) is 20.8 Å². The monoisotopic (exact) mass is 545 g/mol. The highest BCUT2D eigenvalue weighted by atomic mass is 16.6. The average molecular weight is 546 g/mol. The Bertz CT molecular complexity index is 1090. The highest BCUT2D eigenvalue weighted by Gasteiger charge is 2.43. The number of alkyl carbamates (subject to hydrolysis) is 1. The molecule has 0 bridgehead atoms. The number of hydrogen-bond donors (Lipinski definition) is 3. The topological polar surface area (TPSA) is 139 Å². The number of likely N-dealkylation sites (tertiary alicyclic amines) is 1.